The van der Waals surface area contributed by atoms with Crippen LogP contribution >= 0.6 is 7.60 Å². The lowest BCUT2D eigenvalue weighted by molar-refractivity contribution is -0.137. The minimum absolute atomic E-state index is 0.0226. The van der Waals surface area contributed by atoms with Crippen molar-refractivity contribution in [1.29, 1.82) is 0 Å². The zero-order valence-electron chi connectivity index (χ0n) is 32.6. The van der Waals surface area contributed by atoms with E-state index in [0.29, 0.717) is 19.8 Å². The highest BCUT2D eigenvalue weighted by Crippen LogP contribution is 2.49. The van der Waals surface area contributed by atoms with E-state index in [0.717, 1.165) is 25.7 Å². The van der Waals surface area contributed by atoms with E-state index in [-0.39, 0.29) is 12.7 Å². The van der Waals surface area contributed by atoms with Gasteiger partial charge in [-0.25, -0.2) is 0 Å². The molecule has 0 fully saturated rings. The molecule has 0 atom stereocenters. The molecule has 0 bridgehead atoms. The van der Waals surface area contributed by atoms with Gasteiger partial charge in [-0.15, -0.1) is 0 Å². The standard InChI is InChI=1S/C41H84NO5P/c1-4-6-8-10-12-14-16-18-20-22-24-26-28-30-32-34-38-46-48(45,40-42(3)37-36-41(43)44)47-39-35-33-31-29-27-25-23-21-19-17-15-13-11-9-7-5-2/h4-40H2,1-3H3,(H,43,44). The minimum Gasteiger partial charge on any atom is -0.481 e. The van der Waals surface area contributed by atoms with Crippen molar-refractivity contribution in [3.8, 4) is 0 Å². The summed E-state index contributed by atoms with van der Waals surface area (Å²) < 4.78 is 25.4. The molecule has 288 valence electrons. The fraction of sp³-hybridized carbons (Fsp3) is 0.976. The van der Waals surface area contributed by atoms with Gasteiger partial charge >= 0.3 is 13.6 Å². The molecule has 0 saturated carbocycles. The van der Waals surface area contributed by atoms with E-state index < -0.39 is 13.6 Å². The molecule has 0 rings (SSSR count). The van der Waals surface area contributed by atoms with Gasteiger partial charge in [-0.2, -0.15) is 0 Å². The third-order valence-corrected chi connectivity index (χ3v) is 11.7. The maximum atomic E-state index is 13.6. The Morgan fingerprint density at radius 2 is 0.729 bits per heavy atom. The molecule has 0 aliphatic rings. The molecule has 0 aromatic rings. The Morgan fingerprint density at radius 3 is 0.979 bits per heavy atom. The molecule has 0 aromatic carbocycles. The van der Waals surface area contributed by atoms with Crippen LogP contribution < -0.4 is 0 Å². The van der Waals surface area contributed by atoms with Gasteiger partial charge in [0.25, 0.3) is 0 Å². The summed E-state index contributed by atoms with van der Waals surface area (Å²) in [7, 11) is -1.48. The maximum Gasteiger partial charge on any atom is 0.344 e. The zero-order valence-corrected chi connectivity index (χ0v) is 33.5. The van der Waals surface area contributed by atoms with Gasteiger partial charge in [-0.1, -0.05) is 206 Å². The third kappa shape index (κ3) is 36.9. The van der Waals surface area contributed by atoms with Gasteiger partial charge < -0.3 is 14.2 Å². The number of hydrogen-bond donors (Lipinski definition) is 1. The molecule has 0 spiro atoms. The Bertz CT molecular complexity index is 664. The van der Waals surface area contributed by atoms with E-state index in [1.54, 1.807) is 11.9 Å². The van der Waals surface area contributed by atoms with E-state index >= 15 is 0 Å². The van der Waals surface area contributed by atoms with Crippen molar-refractivity contribution in [3.63, 3.8) is 0 Å². The SMILES string of the molecule is CCCCCCCCCCCCCCCCCCOP(=O)(CN(C)CCC(=O)O)OCCCCCCCCCCCCCCCCCC. The first-order valence-corrected chi connectivity index (χ1v) is 22.9. The first-order chi connectivity index (χ1) is 23.4. The second-order valence-corrected chi connectivity index (χ2v) is 16.8. The second-order valence-electron chi connectivity index (χ2n) is 14.7. The van der Waals surface area contributed by atoms with Crippen LogP contribution in [-0.4, -0.2) is 49.1 Å². The number of hydrogen-bond acceptors (Lipinski definition) is 5. The topological polar surface area (TPSA) is 76.1 Å². The van der Waals surface area contributed by atoms with Crippen molar-refractivity contribution in [2.45, 2.75) is 226 Å². The summed E-state index contributed by atoms with van der Waals surface area (Å²) in [6.45, 7) is 5.79. The molecule has 7 heteroatoms. The molecule has 6 nitrogen and oxygen atoms in total. The van der Waals surface area contributed by atoms with Crippen LogP contribution in [0.25, 0.3) is 0 Å². The third-order valence-electron chi connectivity index (χ3n) is 9.69. The van der Waals surface area contributed by atoms with Gasteiger partial charge in [-0.3, -0.25) is 14.3 Å². The molecule has 48 heavy (non-hydrogen) atoms. The molecule has 1 N–H and O–H groups in total. The molecule has 0 aromatic heterocycles. The Balaban J connectivity index is 3.92. The van der Waals surface area contributed by atoms with Crippen molar-refractivity contribution < 1.29 is 23.5 Å². The quantitative estimate of drug-likeness (QED) is 0.0505. The number of unbranched alkanes of at least 4 members (excludes halogenated alkanes) is 30. The van der Waals surface area contributed by atoms with Gasteiger partial charge in [0, 0.05) is 6.54 Å². The van der Waals surface area contributed by atoms with Crippen LogP contribution in [0.15, 0.2) is 0 Å². The van der Waals surface area contributed by atoms with Crippen LogP contribution in [0, 0.1) is 0 Å². The highest BCUT2D eigenvalue weighted by molar-refractivity contribution is 7.53. The number of carbonyl (C=O) groups is 1. The van der Waals surface area contributed by atoms with Crippen LogP contribution in [0.2, 0.25) is 0 Å². The second kappa shape index (κ2) is 37.8. The molecule has 0 saturated heterocycles. The summed E-state index contributed by atoms with van der Waals surface area (Å²) in [5.74, 6) is -0.847. The Morgan fingerprint density at radius 1 is 0.479 bits per heavy atom. The van der Waals surface area contributed by atoms with E-state index in [4.69, 9.17) is 14.2 Å². The van der Waals surface area contributed by atoms with Gasteiger partial charge in [0.05, 0.1) is 19.6 Å². The summed E-state index contributed by atoms with van der Waals surface area (Å²) in [4.78, 5) is 12.8. The van der Waals surface area contributed by atoms with Crippen LogP contribution in [0.4, 0.5) is 0 Å². The van der Waals surface area contributed by atoms with Crippen LogP contribution in [0.5, 0.6) is 0 Å². The van der Waals surface area contributed by atoms with Gasteiger partial charge in [0.1, 0.15) is 6.29 Å². The number of nitrogens with zero attached hydrogens (tertiary/aromatic N) is 1. The van der Waals surface area contributed by atoms with Crippen molar-refractivity contribution in [1.82, 2.24) is 4.90 Å². The highest BCUT2D eigenvalue weighted by Gasteiger charge is 2.26. The van der Waals surface area contributed by atoms with Gasteiger partial charge in [-0.05, 0) is 19.9 Å². The fourth-order valence-corrected chi connectivity index (χ4v) is 8.26. The molecule has 0 heterocycles. The summed E-state index contributed by atoms with van der Waals surface area (Å²) in [5, 5.41) is 9.03. The van der Waals surface area contributed by atoms with Crippen molar-refractivity contribution in [3.05, 3.63) is 0 Å². The Labute approximate surface area is 300 Å². The lowest BCUT2D eigenvalue weighted by Crippen LogP contribution is -2.24. The van der Waals surface area contributed by atoms with Crippen LogP contribution in [0.3, 0.4) is 0 Å². The van der Waals surface area contributed by atoms with Crippen LogP contribution in [-0.2, 0) is 18.4 Å². The average molecular weight is 702 g/mol. The summed E-state index contributed by atoms with van der Waals surface area (Å²) in [6, 6.07) is 0. The summed E-state index contributed by atoms with van der Waals surface area (Å²) in [5.41, 5.74) is 0. The Hall–Kier alpha value is -0.420. The van der Waals surface area contributed by atoms with E-state index in [1.807, 2.05) is 0 Å². The smallest absolute Gasteiger partial charge is 0.344 e. The van der Waals surface area contributed by atoms with Crippen molar-refractivity contribution in [2.24, 2.45) is 0 Å². The van der Waals surface area contributed by atoms with E-state index in [9.17, 15) is 9.36 Å². The number of carboxylic acids is 1. The zero-order chi connectivity index (χ0) is 35.2. The van der Waals surface area contributed by atoms with Crippen molar-refractivity contribution >= 4 is 13.6 Å². The average Bonchev–Trinajstić information content (AvgIpc) is 3.06. The van der Waals surface area contributed by atoms with Crippen molar-refractivity contribution in [2.75, 3.05) is 33.1 Å². The van der Waals surface area contributed by atoms with Gasteiger partial charge in [0.2, 0.25) is 0 Å². The molecular formula is C41H84NO5P. The van der Waals surface area contributed by atoms with Crippen LogP contribution in [0.1, 0.15) is 226 Å². The molecule has 0 aliphatic heterocycles. The number of rotatable bonds is 41. The lowest BCUT2D eigenvalue weighted by Gasteiger charge is -2.24. The summed E-state index contributed by atoms with van der Waals surface area (Å²) >= 11 is 0. The first-order valence-electron chi connectivity index (χ1n) is 21.2. The number of aliphatic carboxylic acids is 1. The molecule has 0 unspecified atom stereocenters. The van der Waals surface area contributed by atoms with E-state index in [2.05, 4.69) is 13.8 Å². The normalized spacial score (nSPS) is 12.0. The number of carboxylic acid groups (broad SMARTS) is 1. The molecule has 0 radical (unpaired) electrons. The minimum atomic E-state index is -3.28. The predicted octanol–water partition coefficient (Wildman–Crippen LogP) is 14.1. The first kappa shape index (κ1) is 47.6. The highest BCUT2D eigenvalue weighted by atomic mass is 31.2. The molecule has 0 amide bonds. The molecule has 0 aliphatic carbocycles. The lowest BCUT2D eigenvalue weighted by atomic mass is 10.0. The monoisotopic (exact) mass is 702 g/mol. The largest absolute Gasteiger partial charge is 0.481 e. The fourth-order valence-electron chi connectivity index (χ4n) is 6.48. The maximum absolute atomic E-state index is 13.6. The Kier molecular flexibility index (Phi) is 37.5. The van der Waals surface area contributed by atoms with Gasteiger partial charge in [0.15, 0.2) is 0 Å². The predicted molar refractivity (Wildman–Crippen MR) is 208 cm³/mol. The molecular weight excluding hydrogens is 617 g/mol. The van der Waals surface area contributed by atoms with E-state index in [1.165, 1.54) is 180 Å². The summed E-state index contributed by atoms with van der Waals surface area (Å²) in [6.07, 6.45) is 42.3.